The zero-order chi connectivity index (χ0) is 10.9. The minimum Gasteiger partial charge on any atom is -0.308 e. The first-order valence-electron chi connectivity index (χ1n) is 4.73. The summed E-state index contributed by atoms with van der Waals surface area (Å²) in [6, 6.07) is 8.14. The third-order valence-corrected chi connectivity index (χ3v) is 4.77. The Balaban J connectivity index is 1.82. The molecule has 0 aliphatic carbocycles. The van der Waals surface area contributed by atoms with Crippen LogP contribution in [-0.2, 0) is 16.4 Å². The molecule has 1 aliphatic rings. The summed E-state index contributed by atoms with van der Waals surface area (Å²) in [5.74, 6) is 0.563. The van der Waals surface area contributed by atoms with E-state index >= 15 is 0 Å². The summed E-state index contributed by atoms with van der Waals surface area (Å²) in [7, 11) is -2.71. The van der Waals surface area contributed by atoms with Gasteiger partial charge in [-0.05, 0) is 17.7 Å². The molecule has 0 unspecified atom stereocenters. The van der Waals surface area contributed by atoms with E-state index in [4.69, 9.17) is 0 Å². The maximum Gasteiger partial charge on any atom is 0.153 e. The maximum absolute atomic E-state index is 10.9. The largest absolute Gasteiger partial charge is 0.308 e. The Morgan fingerprint density at radius 1 is 1.27 bits per heavy atom. The fourth-order valence-electron chi connectivity index (χ4n) is 1.55. The monoisotopic (exact) mass is 289 g/mol. The number of nitrogens with one attached hydrogen (secondary N) is 1. The first kappa shape index (κ1) is 11.1. The second-order valence-corrected chi connectivity index (χ2v) is 6.85. The molecule has 1 aliphatic heterocycles. The molecule has 1 saturated heterocycles. The Bertz CT molecular complexity index is 429. The van der Waals surface area contributed by atoms with E-state index in [1.54, 1.807) is 0 Å². The van der Waals surface area contributed by atoms with Crippen molar-refractivity contribution in [3.63, 3.8) is 0 Å². The molecular formula is C10H12BrNO2S. The Morgan fingerprint density at radius 3 is 2.40 bits per heavy atom. The van der Waals surface area contributed by atoms with E-state index in [9.17, 15) is 8.42 Å². The average molecular weight is 290 g/mol. The molecule has 1 aromatic rings. The molecule has 0 saturated carbocycles. The van der Waals surface area contributed by atoms with Crippen molar-refractivity contribution in [3.8, 4) is 0 Å². The lowest BCUT2D eigenvalue weighted by atomic mass is 10.2. The van der Waals surface area contributed by atoms with Crippen LogP contribution in [0.15, 0.2) is 28.7 Å². The lowest BCUT2D eigenvalue weighted by Gasteiger charge is -2.26. The van der Waals surface area contributed by atoms with E-state index in [2.05, 4.69) is 21.2 Å². The summed E-state index contributed by atoms with van der Waals surface area (Å²) in [4.78, 5) is 0. The van der Waals surface area contributed by atoms with Gasteiger partial charge in [-0.3, -0.25) is 0 Å². The van der Waals surface area contributed by atoms with Crippen LogP contribution in [0, 0.1) is 0 Å². The molecule has 1 fully saturated rings. The van der Waals surface area contributed by atoms with E-state index in [0.29, 0.717) is 0 Å². The second kappa shape index (κ2) is 4.23. The van der Waals surface area contributed by atoms with Gasteiger partial charge in [0.25, 0.3) is 0 Å². The normalized spacial score (nSPS) is 19.8. The Morgan fingerprint density at radius 2 is 1.87 bits per heavy atom. The molecule has 15 heavy (non-hydrogen) atoms. The van der Waals surface area contributed by atoms with Gasteiger partial charge >= 0.3 is 0 Å². The number of hydrogen-bond acceptors (Lipinski definition) is 3. The standard InChI is InChI=1S/C10H12BrNO2S/c11-9-3-1-8(2-4-9)5-12-10-6-15(13,14)7-10/h1-4,10,12H,5-7H2. The fourth-order valence-corrected chi connectivity index (χ4v) is 3.18. The molecular weight excluding hydrogens is 278 g/mol. The van der Waals surface area contributed by atoms with Crippen molar-refractivity contribution in [2.75, 3.05) is 11.5 Å². The summed E-state index contributed by atoms with van der Waals surface area (Å²) in [6.07, 6.45) is 0. The predicted octanol–water partition coefficient (Wildman–Crippen LogP) is 1.34. The Kier molecular flexibility index (Phi) is 3.13. The van der Waals surface area contributed by atoms with Gasteiger partial charge in [0.2, 0.25) is 0 Å². The highest BCUT2D eigenvalue weighted by Gasteiger charge is 2.32. The third kappa shape index (κ3) is 3.03. The van der Waals surface area contributed by atoms with Gasteiger partial charge in [-0.15, -0.1) is 0 Å². The van der Waals surface area contributed by atoms with Crippen molar-refractivity contribution in [2.24, 2.45) is 0 Å². The molecule has 0 aromatic heterocycles. The summed E-state index contributed by atoms with van der Waals surface area (Å²) >= 11 is 3.37. The van der Waals surface area contributed by atoms with Gasteiger partial charge in [-0.2, -0.15) is 0 Å². The smallest absolute Gasteiger partial charge is 0.153 e. The molecule has 0 spiro atoms. The van der Waals surface area contributed by atoms with Gasteiger partial charge in [0, 0.05) is 17.1 Å². The quantitative estimate of drug-likeness (QED) is 0.913. The van der Waals surface area contributed by atoms with Crippen LogP contribution in [0.2, 0.25) is 0 Å². The minimum atomic E-state index is -2.71. The highest BCUT2D eigenvalue weighted by Crippen LogP contribution is 2.13. The summed E-state index contributed by atoms with van der Waals surface area (Å²) in [5, 5.41) is 3.22. The zero-order valence-corrected chi connectivity index (χ0v) is 10.5. The Labute approximate surface area is 97.9 Å². The number of benzene rings is 1. The maximum atomic E-state index is 10.9. The van der Waals surface area contributed by atoms with Crippen LogP contribution in [0.1, 0.15) is 5.56 Å². The summed E-state index contributed by atoms with van der Waals surface area (Å²) < 4.78 is 22.9. The average Bonchev–Trinajstić information content (AvgIpc) is 2.14. The molecule has 1 aromatic carbocycles. The van der Waals surface area contributed by atoms with Crippen molar-refractivity contribution in [3.05, 3.63) is 34.3 Å². The van der Waals surface area contributed by atoms with E-state index in [1.807, 2.05) is 24.3 Å². The molecule has 82 valence electrons. The van der Waals surface area contributed by atoms with Crippen LogP contribution in [-0.4, -0.2) is 26.0 Å². The van der Waals surface area contributed by atoms with Crippen LogP contribution >= 0.6 is 15.9 Å². The molecule has 0 atom stereocenters. The van der Waals surface area contributed by atoms with Crippen LogP contribution in [0.25, 0.3) is 0 Å². The lowest BCUT2D eigenvalue weighted by Crippen LogP contribution is -2.50. The molecule has 3 nitrogen and oxygen atoms in total. The van der Waals surface area contributed by atoms with E-state index in [-0.39, 0.29) is 17.5 Å². The number of sulfone groups is 1. The van der Waals surface area contributed by atoms with Gasteiger partial charge in [-0.1, -0.05) is 28.1 Å². The number of rotatable bonds is 3. The second-order valence-electron chi connectivity index (χ2n) is 3.78. The van der Waals surface area contributed by atoms with Crippen molar-refractivity contribution in [1.29, 1.82) is 0 Å². The van der Waals surface area contributed by atoms with Crippen molar-refractivity contribution >= 4 is 25.8 Å². The van der Waals surface area contributed by atoms with Crippen molar-refractivity contribution in [2.45, 2.75) is 12.6 Å². The predicted molar refractivity (Wildman–Crippen MR) is 63.4 cm³/mol. The Hall–Kier alpha value is -0.390. The third-order valence-electron chi connectivity index (χ3n) is 2.42. The molecule has 5 heteroatoms. The van der Waals surface area contributed by atoms with Crippen molar-refractivity contribution in [1.82, 2.24) is 5.32 Å². The molecule has 1 heterocycles. The van der Waals surface area contributed by atoms with E-state index in [1.165, 1.54) is 5.56 Å². The summed E-state index contributed by atoms with van der Waals surface area (Å²) in [6.45, 7) is 0.730. The van der Waals surface area contributed by atoms with E-state index < -0.39 is 9.84 Å². The van der Waals surface area contributed by atoms with Gasteiger partial charge in [-0.25, -0.2) is 8.42 Å². The van der Waals surface area contributed by atoms with Crippen LogP contribution in [0.5, 0.6) is 0 Å². The van der Waals surface area contributed by atoms with Crippen LogP contribution < -0.4 is 5.32 Å². The molecule has 1 N–H and O–H groups in total. The van der Waals surface area contributed by atoms with Crippen LogP contribution in [0.4, 0.5) is 0 Å². The molecule has 0 amide bonds. The molecule has 0 bridgehead atoms. The first-order valence-corrected chi connectivity index (χ1v) is 7.35. The van der Waals surface area contributed by atoms with Crippen molar-refractivity contribution < 1.29 is 8.42 Å². The van der Waals surface area contributed by atoms with Gasteiger partial charge in [0.1, 0.15) is 0 Å². The SMILES string of the molecule is O=S1(=O)CC(NCc2ccc(Br)cc2)C1. The number of hydrogen-bond donors (Lipinski definition) is 1. The van der Waals surface area contributed by atoms with Crippen LogP contribution in [0.3, 0.4) is 0 Å². The fraction of sp³-hybridized carbons (Fsp3) is 0.400. The topological polar surface area (TPSA) is 46.2 Å². The van der Waals surface area contributed by atoms with E-state index in [0.717, 1.165) is 11.0 Å². The zero-order valence-electron chi connectivity index (χ0n) is 8.11. The summed E-state index contributed by atoms with van der Waals surface area (Å²) in [5.41, 5.74) is 1.17. The highest BCUT2D eigenvalue weighted by molar-refractivity contribution is 9.10. The van der Waals surface area contributed by atoms with Gasteiger partial charge < -0.3 is 5.32 Å². The number of halogens is 1. The van der Waals surface area contributed by atoms with Gasteiger partial charge in [0.15, 0.2) is 9.84 Å². The molecule has 2 rings (SSSR count). The molecule has 0 radical (unpaired) electrons. The van der Waals surface area contributed by atoms with Gasteiger partial charge in [0.05, 0.1) is 11.5 Å². The minimum absolute atomic E-state index is 0.138. The highest BCUT2D eigenvalue weighted by atomic mass is 79.9. The first-order chi connectivity index (χ1) is 7.05. The lowest BCUT2D eigenvalue weighted by molar-refractivity contribution is 0.511.